The molecule has 2 aromatic rings. The molecule has 146 valence electrons. The first-order valence-corrected chi connectivity index (χ1v) is 9.73. The standard InChI is InChI=1S/C19H24N2O5S/c1-14-11-16(9-10-17(14)25-3)27(23,24)21(2)13-19(22)20-12-15-7-5-6-8-18(15)26-4/h5-11H,12-13H2,1-4H3,(H,20,22). The van der Waals surface area contributed by atoms with Gasteiger partial charge in [0.1, 0.15) is 11.5 Å². The van der Waals surface area contributed by atoms with Gasteiger partial charge in [-0.3, -0.25) is 4.79 Å². The summed E-state index contributed by atoms with van der Waals surface area (Å²) in [6.45, 7) is 1.72. The number of nitrogens with zero attached hydrogens (tertiary/aromatic N) is 1. The number of rotatable bonds is 8. The van der Waals surface area contributed by atoms with Gasteiger partial charge in [-0.15, -0.1) is 0 Å². The van der Waals surface area contributed by atoms with Crippen molar-refractivity contribution in [2.75, 3.05) is 27.8 Å². The van der Waals surface area contributed by atoms with Crippen LogP contribution in [0, 0.1) is 6.92 Å². The zero-order valence-corrected chi connectivity index (χ0v) is 16.7. The number of benzene rings is 2. The number of nitrogens with one attached hydrogen (secondary N) is 1. The van der Waals surface area contributed by atoms with Gasteiger partial charge in [0, 0.05) is 19.2 Å². The van der Waals surface area contributed by atoms with Crippen LogP contribution in [0.3, 0.4) is 0 Å². The lowest BCUT2D eigenvalue weighted by Gasteiger charge is -2.18. The smallest absolute Gasteiger partial charge is 0.243 e. The highest BCUT2D eigenvalue weighted by Crippen LogP contribution is 2.23. The van der Waals surface area contributed by atoms with E-state index in [1.54, 1.807) is 26.2 Å². The molecule has 0 radical (unpaired) electrons. The molecule has 7 nitrogen and oxygen atoms in total. The summed E-state index contributed by atoms with van der Waals surface area (Å²) in [4.78, 5) is 12.3. The maximum absolute atomic E-state index is 12.7. The normalized spacial score (nSPS) is 11.3. The number of aryl methyl sites for hydroxylation is 1. The molecule has 0 aliphatic heterocycles. The van der Waals surface area contributed by atoms with Crippen molar-refractivity contribution in [3.63, 3.8) is 0 Å². The Kier molecular flexibility index (Phi) is 6.81. The summed E-state index contributed by atoms with van der Waals surface area (Å²) in [6, 6.07) is 11.9. The number of carbonyl (C=O) groups excluding carboxylic acids is 1. The van der Waals surface area contributed by atoms with E-state index in [4.69, 9.17) is 9.47 Å². The molecule has 0 fully saturated rings. The van der Waals surface area contributed by atoms with Gasteiger partial charge < -0.3 is 14.8 Å². The summed E-state index contributed by atoms with van der Waals surface area (Å²) in [5.74, 6) is 0.857. The third kappa shape index (κ3) is 4.99. The van der Waals surface area contributed by atoms with E-state index in [9.17, 15) is 13.2 Å². The van der Waals surface area contributed by atoms with E-state index in [1.165, 1.54) is 26.3 Å². The summed E-state index contributed by atoms with van der Waals surface area (Å²) < 4.78 is 36.8. The van der Waals surface area contributed by atoms with Crippen molar-refractivity contribution in [1.82, 2.24) is 9.62 Å². The van der Waals surface area contributed by atoms with Crippen LogP contribution in [0.25, 0.3) is 0 Å². The van der Waals surface area contributed by atoms with Crippen molar-refractivity contribution >= 4 is 15.9 Å². The van der Waals surface area contributed by atoms with Crippen LogP contribution in [0.15, 0.2) is 47.4 Å². The van der Waals surface area contributed by atoms with Gasteiger partial charge in [-0.05, 0) is 36.8 Å². The number of ether oxygens (including phenoxy) is 2. The molecule has 0 heterocycles. The molecule has 8 heteroatoms. The Hall–Kier alpha value is -2.58. The van der Waals surface area contributed by atoms with E-state index in [2.05, 4.69) is 5.32 Å². The van der Waals surface area contributed by atoms with Gasteiger partial charge in [-0.2, -0.15) is 4.31 Å². The summed E-state index contributed by atoms with van der Waals surface area (Å²) in [5.41, 5.74) is 1.51. The van der Waals surface area contributed by atoms with Gasteiger partial charge in [0.25, 0.3) is 0 Å². The van der Waals surface area contributed by atoms with Crippen molar-refractivity contribution in [3.8, 4) is 11.5 Å². The van der Waals surface area contributed by atoms with Gasteiger partial charge in [0.15, 0.2) is 0 Å². The second kappa shape index (κ2) is 8.88. The van der Waals surface area contributed by atoms with Crippen LogP contribution < -0.4 is 14.8 Å². The Balaban J connectivity index is 2.03. The van der Waals surface area contributed by atoms with Gasteiger partial charge >= 0.3 is 0 Å². The Morgan fingerprint density at radius 1 is 1.07 bits per heavy atom. The molecule has 0 aliphatic rings. The lowest BCUT2D eigenvalue weighted by molar-refractivity contribution is -0.121. The molecule has 0 spiro atoms. The van der Waals surface area contributed by atoms with Gasteiger partial charge in [0.2, 0.25) is 15.9 Å². The molecule has 0 atom stereocenters. The molecule has 1 N–H and O–H groups in total. The van der Waals surface area contributed by atoms with Crippen molar-refractivity contribution in [3.05, 3.63) is 53.6 Å². The van der Waals surface area contributed by atoms with Crippen LogP contribution in [0.1, 0.15) is 11.1 Å². The predicted molar refractivity (Wildman–Crippen MR) is 102 cm³/mol. The number of methoxy groups -OCH3 is 2. The third-order valence-corrected chi connectivity index (χ3v) is 5.91. The van der Waals surface area contributed by atoms with E-state index >= 15 is 0 Å². The average Bonchev–Trinajstić information content (AvgIpc) is 2.66. The first kappa shape index (κ1) is 20.7. The van der Waals surface area contributed by atoms with Crippen molar-refractivity contribution in [1.29, 1.82) is 0 Å². The van der Waals surface area contributed by atoms with Gasteiger partial charge in [0.05, 0.1) is 25.7 Å². The largest absolute Gasteiger partial charge is 0.496 e. The molecule has 2 aromatic carbocycles. The van der Waals surface area contributed by atoms with Crippen LogP contribution in [0.2, 0.25) is 0 Å². The van der Waals surface area contributed by atoms with Crippen LogP contribution in [-0.4, -0.2) is 46.4 Å². The maximum Gasteiger partial charge on any atom is 0.243 e. The Morgan fingerprint density at radius 3 is 2.37 bits per heavy atom. The quantitative estimate of drug-likeness (QED) is 0.742. The predicted octanol–water partition coefficient (Wildman–Crippen LogP) is 1.95. The first-order chi connectivity index (χ1) is 12.8. The summed E-state index contributed by atoms with van der Waals surface area (Å²) in [7, 11) is 0.663. The van der Waals surface area contributed by atoms with Gasteiger partial charge in [-0.1, -0.05) is 18.2 Å². The number of amides is 1. The van der Waals surface area contributed by atoms with Crippen LogP contribution >= 0.6 is 0 Å². The zero-order valence-electron chi connectivity index (χ0n) is 15.9. The SMILES string of the molecule is COc1ccc(S(=O)(=O)N(C)CC(=O)NCc2ccccc2OC)cc1C. The highest BCUT2D eigenvalue weighted by Gasteiger charge is 2.23. The van der Waals surface area contributed by atoms with Crippen LogP contribution in [0.4, 0.5) is 0 Å². The number of sulfonamides is 1. The molecule has 0 saturated heterocycles. The van der Waals surface area contributed by atoms with Crippen LogP contribution in [-0.2, 0) is 21.4 Å². The average molecular weight is 392 g/mol. The monoisotopic (exact) mass is 392 g/mol. The second-order valence-electron chi connectivity index (χ2n) is 5.98. The molecular weight excluding hydrogens is 368 g/mol. The Bertz CT molecular complexity index is 912. The minimum atomic E-state index is -3.79. The van der Waals surface area contributed by atoms with E-state index in [0.29, 0.717) is 17.1 Å². The summed E-state index contributed by atoms with van der Waals surface area (Å²) in [6.07, 6.45) is 0. The first-order valence-electron chi connectivity index (χ1n) is 8.29. The Morgan fingerprint density at radius 2 is 1.74 bits per heavy atom. The van der Waals surface area contributed by atoms with E-state index in [1.807, 2.05) is 18.2 Å². The number of hydrogen-bond donors (Lipinski definition) is 1. The topological polar surface area (TPSA) is 84.9 Å². The lowest BCUT2D eigenvalue weighted by Crippen LogP contribution is -2.38. The Labute approximate surface area is 160 Å². The molecule has 0 saturated carbocycles. The lowest BCUT2D eigenvalue weighted by atomic mass is 10.2. The number of hydrogen-bond acceptors (Lipinski definition) is 5. The molecule has 0 aliphatic carbocycles. The van der Waals surface area contributed by atoms with Crippen LogP contribution in [0.5, 0.6) is 11.5 Å². The van der Waals surface area contributed by atoms with Crippen molar-refractivity contribution in [2.45, 2.75) is 18.4 Å². The fraction of sp³-hybridized carbons (Fsp3) is 0.316. The number of likely N-dealkylation sites (N-methyl/N-ethyl adjacent to an activating group) is 1. The molecule has 1 amide bonds. The maximum atomic E-state index is 12.7. The molecule has 0 unspecified atom stereocenters. The molecular formula is C19H24N2O5S. The van der Waals surface area contributed by atoms with Crippen molar-refractivity contribution < 1.29 is 22.7 Å². The number of para-hydroxylation sites is 1. The molecule has 0 bridgehead atoms. The van der Waals surface area contributed by atoms with E-state index < -0.39 is 15.9 Å². The minimum Gasteiger partial charge on any atom is -0.496 e. The fourth-order valence-corrected chi connectivity index (χ4v) is 3.79. The fourth-order valence-electron chi connectivity index (χ4n) is 2.58. The summed E-state index contributed by atoms with van der Waals surface area (Å²) in [5, 5.41) is 2.71. The second-order valence-corrected chi connectivity index (χ2v) is 8.03. The molecule has 27 heavy (non-hydrogen) atoms. The zero-order chi connectivity index (χ0) is 20.0. The molecule has 2 rings (SSSR count). The molecule has 0 aromatic heterocycles. The third-order valence-electron chi connectivity index (χ3n) is 4.11. The summed E-state index contributed by atoms with van der Waals surface area (Å²) >= 11 is 0. The number of carbonyl (C=O) groups is 1. The van der Waals surface area contributed by atoms with E-state index in [0.717, 1.165) is 9.87 Å². The van der Waals surface area contributed by atoms with Crippen molar-refractivity contribution in [2.24, 2.45) is 0 Å². The van der Waals surface area contributed by atoms with Gasteiger partial charge in [-0.25, -0.2) is 8.42 Å². The van der Waals surface area contributed by atoms with E-state index in [-0.39, 0.29) is 18.0 Å². The minimum absolute atomic E-state index is 0.112. The highest BCUT2D eigenvalue weighted by atomic mass is 32.2. The highest BCUT2D eigenvalue weighted by molar-refractivity contribution is 7.89.